The molecule has 0 saturated carbocycles. The van der Waals surface area contributed by atoms with Crippen LogP contribution in [0.5, 0.6) is 0 Å². The predicted molar refractivity (Wildman–Crippen MR) is 74.1 cm³/mol. The fourth-order valence-corrected chi connectivity index (χ4v) is 1.60. The van der Waals surface area contributed by atoms with Crippen molar-refractivity contribution in [2.24, 2.45) is 0 Å². The predicted octanol–water partition coefficient (Wildman–Crippen LogP) is 1.85. The Hall–Kier alpha value is -1.50. The van der Waals surface area contributed by atoms with Crippen LogP contribution in [0.25, 0.3) is 0 Å². The summed E-state index contributed by atoms with van der Waals surface area (Å²) >= 11 is 3.05. The molecule has 0 unspecified atom stereocenters. The van der Waals surface area contributed by atoms with E-state index in [2.05, 4.69) is 26.6 Å². The molecule has 0 heterocycles. The van der Waals surface area contributed by atoms with Gasteiger partial charge in [-0.3, -0.25) is 0 Å². The van der Waals surface area contributed by atoms with Crippen LogP contribution >= 0.6 is 15.9 Å². The molecule has 0 radical (unpaired) electrons. The lowest BCUT2D eigenvalue weighted by Crippen LogP contribution is -2.37. The van der Waals surface area contributed by atoms with Crippen molar-refractivity contribution in [2.45, 2.75) is 0 Å². The molecule has 5 nitrogen and oxygen atoms in total. The van der Waals surface area contributed by atoms with Crippen molar-refractivity contribution in [1.29, 1.82) is 0 Å². The molecule has 0 fully saturated rings. The van der Waals surface area contributed by atoms with Gasteiger partial charge in [-0.1, -0.05) is 0 Å². The van der Waals surface area contributed by atoms with Gasteiger partial charge in [0.15, 0.2) is 0 Å². The van der Waals surface area contributed by atoms with Gasteiger partial charge in [-0.2, -0.15) is 0 Å². The van der Waals surface area contributed by atoms with E-state index >= 15 is 0 Å². The highest BCUT2D eigenvalue weighted by Gasteiger charge is 2.06. The fraction of sp³-hybridized carbons (Fsp3) is 0.364. The quantitative estimate of drug-likeness (QED) is 0.586. The molecule has 0 aliphatic rings. The maximum atomic E-state index is 13.3. The summed E-state index contributed by atoms with van der Waals surface area (Å²) < 4.78 is 13.6. The molecule has 1 rings (SSSR count). The molecule has 1 aromatic carbocycles. The number of benzene rings is 1. The van der Waals surface area contributed by atoms with Crippen molar-refractivity contribution in [3.8, 4) is 0 Å². The summed E-state index contributed by atoms with van der Waals surface area (Å²) in [4.78, 5) is 12.7. The minimum absolute atomic E-state index is 0.174. The molecule has 0 spiro atoms. The van der Waals surface area contributed by atoms with Gasteiger partial charge >= 0.3 is 6.03 Å². The largest absolute Gasteiger partial charge is 0.397 e. The van der Waals surface area contributed by atoms with Crippen molar-refractivity contribution in [1.82, 2.24) is 10.2 Å². The third-order valence-corrected chi connectivity index (χ3v) is 2.82. The molecule has 0 aliphatic carbocycles. The Bertz CT molecular complexity index is 439. The van der Waals surface area contributed by atoms with Crippen molar-refractivity contribution >= 4 is 33.3 Å². The van der Waals surface area contributed by atoms with E-state index in [0.29, 0.717) is 28.9 Å². The highest BCUT2D eigenvalue weighted by molar-refractivity contribution is 9.10. The number of carbonyl (C=O) groups excluding carboxylic acids is 1. The normalized spacial score (nSPS) is 10.0. The molecule has 0 aliphatic heterocycles. The molecule has 0 saturated heterocycles. The number of hydrogen-bond donors (Lipinski definition) is 3. The molecule has 0 bridgehead atoms. The van der Waals surface area contributed by atoms with Crippen molar-refractivity contribution in [3.05, 3.63) is 22.4 Å². The van der Waals surface area contributed by atoms with Crippen LogP contribution in [0.3, 0.4) is 0 Å². The van der Waals surface area contributed by atoms with E-state index in [4.69, 9.17) is 5.73 Å². The first-order valence-corrected chi connectivity index (χ1v) is 6.14. The summed E-state index contributed by atoms with van der Waals surface area (Å²) in [6.07, 6.45) is 0. The number of anilines is 2. The highest BCUT2D eigenvalue weighted by Crippen LogP contribution is 2.26. The summed E-state index contributed by atoms with van der Waals surface area (Å²) in [7, 11) is 3.32. The van der Waals surface area contributed by atoms with Crippen LogP contribution in [0.4, 0.5) is 20.6 Å². The van der Waals surface area contributed by atoms with Gasteiger partial charge in [0.2, 0.25) is 0 Å². The second-order valence-electron chi connectivity index (χ2n) is 3.91. The zero-order valence-electron chi connectivity index (χ0n) is 10.3. The van der Waals surface area contributed by atoms with E-state index in [9.17, 15) is 9.18 Å². The Kier molecular flexibility index (Phi) is 5.21. The van der Waals surface area contributed by atoms with Crippen LogP contribution in [-0.4, -0.2) is 38.1 Å². The van der Waals surface area contributed by atoms with Gasteiger partial charge in [0.1, 0.15) is 5.82 Å². The lowest BCUT2D eigenvalue weighted by molar-refractivity contribution is 0.218. The fourth-order valence-electron chi connectivity index (χ4n) is 1.24. The third kappa shape index (κ3) is 4.06. The monoisotopic (exact) mass is 318 g/mol. The van der Waals surface area contributed by atoms with Crippen molar-refractivity contribution in [2.75, 3.05) is 38.2 Å². The second kappa shape index (κ2) is 6.44. The maximum Gasteiger partial charge on any atom is 0.316 e. The number of nitrogens with zero attached hydrogens (tertiary/aromatic N) is 1. The first kappa shape index (κ1) is 14.6. The molecule has 1 aromatic rings. The van der Waals surface area contributed by atoms with Gasteiger partial charge in [0, 0.05) is 33.3 Å². The first-order valence-electron chi connectivity index (χ1n) is 5.35. The van der Waals surface area contributed by atoms with Gasteiger partial charge < -0.3 is 21.3 Å². The molecule has 7 heteroatoms. The van der Waals surface area contributed by atoms with Gasteiger partial charge in [-0.05, 0) is 22.0 Å². The van der Waals surface area contributed by atoms with E-state index in [1.165, 1.54) is 17.0 Å². The van der Waals surface area contributed by atoms with Crippen molar-refractivity contribution in [3.63, 3.8) is 0 Å². The van der Waals surface area contributed by atoms with Gasteiger partial charge in [0.05, 0.1) is 15.8 Å². The molecular formula is C11H16BrFN4O. The summed E-state index contributed by atoms with van der Waals surface area (Å²) in [6, 6.07) is 2.63. The number of rotatable bonds is 4. The smallest absolute Gasteiger partial charge is 0.316 e. The first-order chi connectivity index (χ1) is 8.41. The number of nitrogens with two attached hydrogens (primary N) is 1. The standard InChI is InChI=1S/C11H16BrFN4O/c1-17(2)11(18)16-4-3-15-10-6-8(13)7(12)5-9(10)14/h5-6,15H,3-4,14H2,1-2H3,(H,16,18). The van der Waals surface area contributed by atoms with Crippen LogP contribution < -0.4 is 16.4 Å². The van der Waals surface area contributed by atoms with Crippen LogP contribution in [0.1, 0.15) is 0 Å². The zero-order chi connectivity index (χ0) is 13.7. The number of nitrogen functional groups attached to an aromatic ring is 1. The van der Waals surface area contributed by atoms with Gasteiger partial charge in [0.25, 0.3) is 0 Å². The number of halogens is 2. The summed E-state index contributed by atoms with van der Waals surface area (Å²) in [5.41, 5.74) is 6.68. The average molecular weight is 319 g/mol. The number of hydrogen-bond acceptors (Lipinski definition) is 3. The Morgan fingerprint density at radius 1 is 1.44 bits per heavy atom. The summed E-state index contributed by atoms with van der Waals surface area (Å²) in [5.74, 6) is -0.385. The van der Waals surface area contributed by atoms with E-state index in [1.54, 1.807) is 14.1 Å². The number of amides is 2. The molecule has 18 heavy (non-hydrogen) atoms. The van der Waals surface area contributed by atoms with E-state index < -0.39 is 0 Å². The van der Waals surface area contributed by atoms with Crippen LogP contribution in [0.2, 0.25) is 0 Å². The van der Waals surface area contributed by atoms with Crippen molar-refractivity contribution < 1.29 is 9.18 Å². The van der Waals surface area contributed by atoms with Crippen LogP contribution in [-0.2, 0) is 0 Å². The number of nitrogens with one attached hydrogen (secondary N) is 2. The molecule has 4 N–H and O–H groups in total. The number of carbonyl (C=O) groups is 1. The van der Waals surface area contributed by atoms with E-state index in [0.717, 1.165) is 0 Å². The van der Waals surface area contributed by atoms with Gasteiger partial charge in [-0.15, -0.1) is 0 Å². The maximum absolute atomic E-state index is 13.3. The van der Waals surface area contributed by atoms with E-state index in [-0.39, 0.29) is 11.8 Å². The van der Waals surface area contributed by atoms with Gasteiger partial charge in [-0.25, -0.2) is 9.18 Å². The molecule has 0 atom stereocenters. The topological polar surface area (TPSA) is 70.4 Å². The molecule has 0 aromatic heterocycles. The minimum Gasteiger partial charge on any atom is -0.397 e. The van der Waals surface area contributed by atoms with E-state index in [1.807, 2.05) is 0 Å². The Labute approximate surface area is 114 Å². The minimum atomic E-state index is -0.385. The molecule has 100 valence electrons. The van der Waals surface area contributed by atoms with Crippen LogP contribution in [0.15, 0.2) is 16.6 Å². The Morgan fingerprint density at radius 2 is 2.11 bits per heavy atom. The zero-order valence-corrected chi connectivity index (χ0v) is 11.8. The Morgan fingerprint density at radius 3 is 2.72 bits per heavy atom. The second-order valence-corrected chi connectivity index (χ2v) is 4.76. The molecular weight excluding hydrogens is 303 g/mol. The SMILES string of the molecule is CN(C)C(=O)NCCNc1cc(F)c(Br)cc1N. The highest BCUT2D eigenvalue weighted by atomic mass is 79.9. The Balaban J connectivity index is 2.45. The summed E-state index contributed by atoms with van der Waals surface area (Å²) in [5, 5.41) is 5.63. The average Bonchev–Trinajstić information content (AvgIpc) is 2.30. The lowest BCUT2D eigenvalue weighted by Gasteiger charge is -2.13. The van der Waals surface area contributed by atoms with Crippen LogP contribution in [0, 0.1) is 5.82 Å². The number of urea groups is 1. The third-order valence-electron chi connectivity index (χ3n) is 2.22. The molecule has 2 amide bonds. The lowest BCUT2D eigenvalue weighted by atomic mass is 10.2. The summed E-state index contributed by atoms with van der Waals surface area (Å²) in [6.45, 7) is 0.888.